The van der Waals surface area contributed by atoms with Gasteiger partial charge in [0.2, 0.25) is 0 Å². The number of aromatic hydroxyl groups is 1. The van der Waals surface area contributed by atoms with Crippen LogP contribution in [0.15, 0.2) is 24.3 Å². The highest BCUT2D eigenvalue weighted by molar-refractivity contribution is 6.11. The Morgan fingerprint density at radius 2 is 1.93 bits per heavy atom. The van der Waals surface area contributed by atoms with E-state index < -0.39 is 11.6 Å². The molecule has 0 bridgehead atoms. The van der Waals surface area contributed by atoms with Crippen LogP contribution in [0.25, 0.3) is 0 Å². The zero-order chi connectivity index (χ0) is 20.5. The van der Waals surface area contributed by atoms with Crippen molar-refractivity contribution in [2.24, 2.45) is 11.8 Å². The third-order valence-corrected chi connectivity index (χ3v) is 6.74. The Morgan fingerprint density at radius 1 is 1.25 bits per heavy atom. The number of ketones is 1. The number of hydrogen-bond donors (Lipinski definition) is 1. The van der Waals surface area contributed by atoms with E-state index in [0.717, 1.165) is 24.2 Å². The first-order chi connectivity index (χ1) is 13.3. The number of imide groups is 1. The van der Waals surface area contributed by atoms with Gasteiger partial charge in [-0.25, -0.2) is 4.79 Å². The van der Waals surface area contributed by atoms with E-state index in [-0.39, 0.29) is 35.5 Å². The molecular formula is C22H30N2O4. The summed E-state index contributed by atoms with van der Waals surface area (Å²) in [5.41, 5.74) is -0.636. The third-order valence-electron chi connectivity index (χ3n) is 6.74. The van der Waals surface area contributed by atoms with Crippen molar-refractivity contribution in [3.63, 3.8) is 0 Å². The number of likely N-dealkylation sites (N-methyl/N-ethyl adjacent to an activating group) is 1. The second-order valence-corrected chi connectivity index (χ2v) is 8.27. The fourth-order valence-corrected chi connectivity index (χ4v) is 5.07. The van der Waals surface area contributed by atoms with Crippen molar-refractivity contribution in [2.45, 2.75) is 57.9 Å². The normalized spacial score (nSPS) is 24.7. The first-order valence-corrected chi connectivity index (χ1v) is 10.2. The van der Waals surface area contributed by atoms with E-state index in [9.17, 15) is 19.5 Å². The van der Waals surface area contributed by atoms with E-state index in [4.69, 9.17) is 0 Å². The van der Waals surface area contributed by atoms with Crippen molar-refractivity contribution in [3.05, 3.63) is 29.8 Å². The summed E-state index contributed by atoms with van der Waals surface area (Å²) >= 11 is 0. The SMILES string of the molecule is CC[C@@H](C1CCCCC1)[C@]1(C)C(=O)N(CC(=O)c2cccc(O)c2)C(=O)N1C. The van der Waals surface area contributed by atoms with Gasteiger partial charge in [0.25, 0.3) is 5.91 Å². The van der Waals surface area contributed by atoms with Crippen LogP contribution in [0.3, 0.4) is 0 Å². The van der Waals surface area contributed by atoms with E-state index >= 15 is 0 Å². The average molecular weight is 386 g/mol. The van der Waals surface area contributed by atoms with Crippen molar-refractivity contribution >= 4 is 17.7 Å². The molecule has 0 unspecified atom stereocenters. The zero-order valence-corrected chi connectivity index (χ0v) is 17.0. The van der Waals surface area contributed by atoms with Crippen molar-refractivity contribution < 1.29 is 19.5 Å². The summed E-state index contributed by atoms with van der Waals surface area (Å²) in [6.45, 7) is 3.63. The Morgan fingerprint density at radius 3 is 2.54 bits per heavy atom. The lowest BCUT2D eigenvalue weighted by molar-refractivity contribution is -0.136. The molecule has 6 heteroatoms. The number of phenols is 1. The van der Waals surface area contributed by atoms with Gasteiger partial charge in [-0.15, -0.1) is 0 Å². The van der Waals surface area contributed by atoms with E-state index in [2.05, 4.69) is 6.92 Å². The number of carbonyl (C=O) groups excluding carboxylic acids is 3. The molecule has 1 N–H and O–H groups in total. The highest BCUT2D eigenvalue weighted by Crippen LogP contribution is 2.43. The molecule has 0 radical (unpaired) electrons. The Bertz CT molecular complexity index is 772. The number of nitrogens with zero attached hydrogens (tertiary/aromatic N) is 2. The number of Topliss-reactive ketones (excluding diaryl/α,β-unsaturated/α-hetero) is 1. The molecule has 3 amide bonds. The van der Waals surface area contributed by atoms with Crippen molar-refractivity contribution in [3.8, 4) is 5.75 Å². The molecule has 28 heavy (non-hydrogen) atoms. The van der Waals surface area contributed by atoms with Gasteiger partial charge in [0.15, 0.2) is 5.78 Å². The van der Waals surface area contributed by atoms with E-state index in [0.29, 0.717) is 5.92 Å². The minimum atomic E-state index is -0.924. The standard InChI is InChI=1S/C22H30N2O4/c1-4-18(15-9-6-5-7-10-15)22(2)20(27)24(21(28)23(22)3)14-19(26)16-11-8-12-17(25)13-16/h8,11-13,15,18,25H,4-7,9-10,14H2,1-3H3/t18-,22+/m0/s1. The molecule has 0 aromatic heterocycles. The minimum absolute atomic E-state index is 0.0183. The first kappa shape index (κ1) is 20.4. The molecule has 2 atom stereocenters. The fourth-order valence-electron chi connectivity index (χ4n) is 5.07. The highest BCUT2D eigenvalue weighted by atomic mass is 16.3. The third kappa shape index (κ3) is 3.40. The van der Waals surface area contributed by atoms with Gasteiger partial charge in [0.05, 0.1) is 6.54 Å². The van der Waals surface area contributed by atoms with Gasteiger partial charge in [-0.1, -0.05) is 57.6 Å². The Balaban J connectivity index is 1.84. The van der Waals surface area contributed by atoms with E-state index in [1.807, 2.05) is 6.92 Å². The lowest BCUT2D eigenvalue weighted by Gasteiger charge is -2.42. The molecule has 1 aromatic rings. The molecular weight excluding hydrogens is 356 g/mol. The molecule has 3 rings (SSSR count). The summed E-state index contributed by atoms with van der Waals surface area (Å²) in [6.07, 6.45) is 6.57. The van der Waals surface area contributed by atoms with Gasteiger partial charge in [0, 0.05) is 12.6 Å². The molecule has 1 saturated heterocycles. The maximum atomic E-state index is 13.4. The van der Waals surface area contributed by atoms with Gasteiger partial charge < -0.3 is 10.0 Å². The first-order valence-electron chi connectivity index (χ1n) is 10.2. The van der Waals surface area contributed by atoms with Crippen molar-refractivity contribution in [2.75, 3.05) is 13.6 Å². The highest BCUT2D eigenvalue weighted by Gasteiger charge is 2.57. The Labute approximate surface area is 166 Å². The number of carbonyl (C=O) groups is 3. The van der Waals surface area contributed by atoms with Crippen LogP contribution in [0.5, 0.6) is 5.75 Å². The summed E-state index contributed by atoms with van der Waals surface area (Å²) in [4.78, 5) is 41.5. The average Bonchev–Trinajstić information content (AvgIpc) is 2.85. The van der Waals surface area contributed by atoms with Crippen LogP contribution < -0.4 is 0 Å². The van der Waals surface area contributed by atoms with Crippen LogP contribution in [0.2, 0.25) is 0 Å². The van der Waals surface area contributed by atoms with Crippen LogP contribution in [-0.2, 0) is 4.79 Å². The summed E-state index contributed by atoms with van der Waals surface area (Å²) < 4.78 is 0. The molecule has 1 heterocycles. The van der Waals surface area contributed by atoms with Gasteiger partial charge in [-0.2, -0.15) is 0 Å². The van der Waals surface area contributed by atoms with E-state index in [1.54, 1.807) is 19.2 Å². The molecule has 1 saturated carbocycles. The lowest BCUT2D eigenvalue weighted by Crippen LogP contribution is -2.53. The summed E-state index contributed by atoms with van der Waals surface area (Å²) in [5.74, 6) is -0.165. The predicted molar refractivity (Wildman–Crippen MR) is 106 cm³/mol. The van der Waals surface area contributed by atoms with Crippen LogP contribution in [0, 0.1) is 11.8 Å². The van der Waals surface area contributed by atoms with Crippen molar-refractivity contribution in [1.82, 2.24) is 9.80 Å². The molecule has 152 valence electrons. The molecule has 2 fully saturated rings. The molecule has 6 nitrogen and oxygen atoms in total. The smallest absolute Gasteiger partial charge is 0.327 e. The van der Waals surface area contributed by atoms with Crippen LogP contribution in [0.4, 0.5) is 4.79 Å². The maximum absolute atomic E-state index is 13.4. The largest absolute Gasteiger partial charge is 0.508 e. The fraction of sp³-hybridized carbons (Fsp3) is 0.591. The molecule has 1 aliphatic heterocycles. The second-order valence-electron chi connectivity index (χ2n) is 8.27. The molecule has 0 spiro atoms. The summed E-state index contributed by atoms with van der Waals surface area (Å²) in [7, 11) is 1.67. The number of urea groups is 1. The van der Waals surface area contributed by atoms with Crippen LogP contribution >= 0.6 is 0 Å². The van der Waals surface area contributed by atoms with Gasteiger partial charge in [0.1, 0.15) is 11.3 Å². The number of phenolic OH excluding ortho intramolecular Hbond substituents is 1. The van der Waals surface area contributed by atoms with Gasteiger partial charge in [-0.3, -0.25) is 14.5 Å². The van der Waals surface area contributed by atoms with Gasteiger partial charge >= 0.3 is 6.03 Å². The van der Waals surface area contributed by atoms with Gasteiger partial charge in [-0.05, 0) is 30.9 Å². The zero-order valence-electron chi connectivity index (χ0n) is 17.0. The summed E-state index contributed by atoms with van der Waals surface area (Å²) in [5, 5.41) is 9.59. The Kier molecular flexibility index (Phi) is 5.77. The summed E-state index contributed by atoms with van der Waals surface area (Å²) in [6, 6.07) is 5.56. The Hall–Kier alpha value is -2.37. The lowest BCUT2D eigenvalue weighted by atomic mass is 9.69. The number of hydrogen-bond acceptors (Lipinski definition) is 4. The quantitative estimate of drug-likeness (QED) is 0.595. The van der Waals surface area contributed by atoms with Crippen LogP contribution in [-0.4, -0.2) is 51.8 Å². The van der Waals surface area contributed by atoms with E-state index in [1.165, 1.54) is 36.3 Å². The number of benzene rings is 1. The second kappa shape index (κ2) is 7.94. The van der Waals surface area contributed by atoms with Crippen LogP contribution in [0.1, 0.15) is 62.7 Å². The molecule has 2 aliphatic rings. The maximum Gasteiger partial charge on any atom is 0.327 e. The predicted octanol–water partition coefficient (Wildman–Crippen LogP) is 3.83. The topological polar surface area (TPSA) is 77.9 Å². The molecule has 1 aromatic carbocycles. The minimum Gasteiger partial charge on any atom is -0.508 e. The van der Waals surface area contributed by atoms with Crippen molar-refractivity contribution in [1.29, 1.82) is 0 Å². The monoisotopic (exact) mass is 386 g/mol. The number of amides is 3. The molecule has 1 aliphatic carbocycles. The number of rotatable bonds is 6.